The van der Waals surface area contributed by atoms with Crippen LogP contribution in [-0.4, -0.2) is 109 Å². The van der Waals surface area contributed by atoms with Crippen LogP contribution in [-0.2, 0) is 67.6 Å². The van der Waals surface area contributed by atoms with Gasteiger partial charge in [0.1, 0.15) is 79.6 Å². The van der Waals surface area contributed by atoms with Gasteiger partial charge in [0, 0.05) is 5.56 Å². The summed E-state index contributed by atoms with van der Waals surface area (Å²) in [6, 6.07) is 31.9. The summed E-state index contributed by atoms with van der Waals surface area (Å²) in [5.74, 6) is 1.20. The number of rotatable bonds is 19. The van der Waals surface area contributed by atoms with Gasteiger partial charge in [-0.05, 0) is 66.9 Å². The van der Waals surface area contributed by atoms with Crippen LogP contribution in [0, 0.1) is 0 Å². The summed E-state index contributed by atoms with van der Waals surface area (Å²) in [5.41, 5.74) is 3.50. The Labute approximate surface area is 357 Å². The minimum absolute atomic E-state index is 0.0750. The normalized spacial score (nSPS) is 27.5. The predicted octanol–water partition coefficient (Wildman–Crippen LogP) is 4.15. The number of likely N-dealkylation sites (tertiary alicyclic amines) is 1. The molecular formula is C45H55NO14S. The van der Waals surface area contributed by atoms with Crippen LogP contribution in [0.1, 0.15) is 42.4 Å². The highest BCUT2D eigenvalue weighted by Gasteiger charge is 2.54. The number of ether oxygens (including phenoxy) is 10. The van der Waals surface area contributed by atoms with Crippen LogP contribution in [0.2, 0.25) is 0 Å². The van der Waals surface area contributed by atoms with Gasteiger partial charge in [0.05, 0.1) is 47.8 Å². The zero-order valence-electron chi connectivity index (χ0n) is 35.0. The molecule has 0 saturated carbocycles. The van der Waals surface area contributed by atoms with Crippen molar-refractivity contribution in [3.05, 3.63) is 125 Å². The maximum atomic E-state index is 12.5. The van der Waals surface area contributed by atoms with Crippen molar-refractivity contribution < 1.29 is 69.4 Å². The second-order valence-corrected chi connectivity index (χ2v) is 16.7. The van der Waals surface area contributed by atoms with Gasteiger partial charge in [0.15, 0.2) is 12.1 Å². The van der Waals surface area contributed by atoms with E-state index in [1.54, 1.807) is 35.2 Å². The van der Waals surface area contributed by atoms with Crippen molar-refractivity contribution >= 4 is 10.4 Å². The Balaban J connectivity index is 1.21. The number of nitrogens with one attached hydrogen (secondary N) is 1. The Kier molecular flexibility index (Phi) is 15.0. The standard InChI is InChI=1S/C45H55NO14S/c1-45(2)56-29-40(59-45)42-43(60-61(47,48)49)39(57-44(58-42)33-9-7-6-8-10-33)24-46-23-38(54-26-31-13-19-35(51-4)20-14-31)41(55-27-32-15-21-36(52-5)22-16-32)37(46)28-53-25-30-11-17-34(50-3)18-12-30/h6-22,37-44H,23-29H2,1-5H3,(H,47,48,49)/t37-,38-,39+,40-,41-,42-,43-,44?/m1/s1. The van der Waals surface area contributed by atoms with Crippen molar-refractivity contribution in [2.24, 2.45) is 0 Å². The van der Waals surface area contributed by atoms with Crippen LogP contribution < -0.4 is 19.1 Å². The molecule has 0 radical (unpaired) electrons. The Hall–Kier alpha value is -4.17. The van der Waals surface area contributed by atoms with E-state index in [1.807, 2.05) is 103 Å². The number of benzene rings is 4. The van der Waals surface area contributed by atoms with Gasteiger partial charge in [0.25, 0.3) is 0 Å². The molecule has 3 heterocycles. The summed E-state index contributed by atoms with van der Waals surface area (Å²) in [6.07, 6.45) is -6.16. The zero-order valence-corrected chi connectivity index (χ0v) is 35.8. The minimum atomic E-state index is -5.25. The lowest BCUT2D eigenvalue weighted by molar-refractivity contribution is -0.919. The quantitative estimate of drug-likeness (QED) is 0.106. The van der Waals surface area contributed by atoms with Gasteiger partial charge in [-0.15, -0.1) is 0 Å². The van der Waals surface area contributed by atoms with Crippen LogP contribution in [0.4, 0.5) is 0 Å². The highest BCUT2D eigenvalue weighted by molar-refractivity contribution is 7.80. The molecule has 3 aliphatic heterocycles. The molecule has 61 heavy (non-hydrogen) atoms. The molecule has 1 N–H and O–H groups in total. The van der Waals surface area contributed by atoms with Gasteiger partial charge < -0.3 is 56.8 Å². The summed E-state index contributed by atoms with van der Waals surface area (Å²) < 4.78 is 104. The molecule has 7 rings (SSSR count). The minimum Gasteiger partial charge on any atom is -0.726 e. The van der Waals surface area contributed by atoms with Gasteiger partial charge >= 0.3 is 0 Å². The lowest BCUT2D eigenvalue weighted by Gasteiger charge is -2.44. The van der Waals surface area contributed by atoms with Gasteiger partial charge in [-0.2, -0.15) is 0 Å². The molecule has 0 aromatic heterocycles. The third-order valence-corrected chi connectivity index (χ3v) is 11.6. The molecule has 0 amide bonds. The maximum absolute atomic E-state index is 12.5. The highest BCUT2D eigenvalue weighted by atomic mass is 32.3. The summed E-state index contributed by atoms with van der Waals surface area (Å²) in [7, 11) is -0.401. The number of hydrogen-bond donors (Lipinski definition) is 1. The van der Waals surface area contributed by atoms with Crippen molar-refractivity contribution in [2.45, 2.75) is 88.4 Å². The van der Waals surface area contributed by atoms with Gasteiger partial charge in [-0.1, -0.05) is 66.7 Å². The van der Waals surface area contributed by atoms with E-state index in [4.69, 9.17) is 51.6 Å². The Morgan fingerprint density at radius 1 is 0.721 bits per heavy atom. The van der Waals surface area contributed by atoms with E-state index in [9.17, 15) is 13.0 Å². The fourth-order valence-electron chi connectivity index (χ4n) is 8.03. The van der Waals surface area contributed by atoms with E-state index < -0.39 is 59.1 Å². The highest BCUT2D eigenvalue weighted by Crippen LogP contribution is 2.37. The first kappa shape index (κ1) is 44.9. The fraction of sp³-hybridized carbons (Fsp3) is 0.467. The molecule has 0 aliphatic carbocycles. The summed E-state index contributed by atoms with van der Waals surface area (Å²) in [5, 5.41) is 0. The second kappa shape index (κ2) is 20.3. The molecule has 9 atom stereocenters. The molecule has 16 heteroatoms. The predicted molar refractivity (Wildman–Crippen MR) is 219 cm³/mol. The molecule has 4 aromatic carbocycles. The van der Waals surface area contributed by atoms with Gasteiger partial charge in [-0.25, -0.2) is 8.42 Å². The van der Waals surface area contributed by atoms with Crippen LogP contribution in [0.3, 0.4) is 0 Å². The van der Waals surface area contributed by atoms with Crippen LogP contribution in [0.5, 0.6) is 17.2 Å². The Morgan fingerprint density at radius 3 is 1.80 bits per heavy atom. The molecule has 0 spiro atoms. The van der Waals surface area contributed by atoms with Gasteiger partial charge in [0.2, 0.25) is 10.4 Å². The summed E-state index contributed by atoms with van der Waals surface area (Å²) in [6.45, 7) is 5.22. The average Bonchev–Trinajstić information content (AvgIpc) is 3.80. The molecule has 0 bridgehead atoms. The zero-order chi connectivity index (χ0) is 43.0. The number of quaternary nitrogens is 1. The first-order valence-electron chi connectivity index (χ1n) is 20.3. The Bertz CT molecular complexity index is 2070. The smallest absolute Gasteiger partial charge is 0.218 e. The van der Waals surface area contributed by atoms with Crippen molar-refractivity contribution in [2.75, 3.05) is 47.6 Å². The largest absolute Gasteiger partial charge is 0.726 e. The van der Waals surface area contributed by atoms with E-state index in [0.717, 1.165) is 38.8 Å². The first-order chi connectivity index (χ1) is 29.4. The molecule has 3 aliphatic rings. The number of hydrogen-bond acceptors (Lipinski definition) is 14. The lowest BCUT2D eigenvalue weighted by Crippen LogP contribution is -3.16. The molecule has 330 valence electrons. The molecule has 3 saturated heterocycles. The molecule has 3 fully saturated rings. The summed E-state index contributed by atoms with van der Waals surface area (Å²) >= 11 is 0. The van der Waals surface area contributed by atoms with Gasteiger partial charge in [-0.3, -0.25) is 4.18 Å². The SMILES string of the molecule is COc1ccc(COC[C@@H]2[C@@H](OCc3ccc(OC)cc3)[C@H](OCc3ccc(OC)cc3)C[NH+]2C[C@@H]2OC(c3ccccc3)O[C@H]([C@H]3COC(C)(C)O3)[C@@H]2OS(=O)(=O)[O-])cc1. The van der Waals surface area contributed by atoms with Crippen molar-refractivity contribution in [3.63, 3.8) is 0 Å². The molecule has 15 nitrogen and oxygen atoms in total. The first-order valence-corrected chi connectivity index (χ1v) is 21.6. The second-order valence-electron chi connectivity index (χ2n) is 15.7. The topological polar surface area (TPSA) is 163 Å². The monoisotopic (exact) mass is 865 g/mol. The molecule has 4 aromatic rings. The average molecular weight is 866 g/mol. The van der Waals surface area contributed by atoms with Crippen LogP contribution >= 0.6 is 0 Å². The molecular weight excluding hydrogens is 811 g/mol. The van der Waals surface area contributed by atoms with Crippen molar-refractivity contribution in [1.29, 1.82) is 0 Å². The van der Waals surface area contributed by atoms with E-state index in [0.29, 0.717) is 18.7 Å². The van der Waals surface area contributed by atoms with Crippen molar-refractivity contribution in [1.82, 2.24) is 0 Å². The summed E-state index contributed by atoms with van der Waals surface area (Å²) in [4.78, 5) is 0.924. The maximum Gasteiger partial charge on any atom is 0.218 e. The fourth-order valence-corrected chi connectivity index (χ4v) is 8.53. The number of methoxy groups -OCH3 is 3. The van der Waals surface area contributed by atoms with E-state index in [-0.39, 0.29) is 39.0 Å². The Morgan fingerprint density at radius 2 is 1.28 bits per heavy atom. The van der Waals surface area contributed by atoms with E-state index >= 15 is 0 Å². The van der Waals surface area contributed by atoms with E-state index in [2.05, 4.69) is 0 Å². The van der Waals surface area contributed by atoms with E-state index in [1.165, 1.54) is 0 Å². The third kappa shape index (κ3) is 12.1. The third-order valence-electron chi connectivity index (χ3n) is 11.1. The van der Waals surface area contributed by atoms with Crippen molar-refractivity contribution in [3.8, 4) is 17.2 Å². The van der Waals surface area contributed by atoms with Crippen LogP contribution in [0.25, 0.3) is 0 Å². The van der Waals surface area contributed by atoms with Crippen LogP contribution in [0.15, 0.2) is 103 Å². The molecule has 2 unspecified atom stereocenters. The lowest BCUT2D eigenvalue weighted by atomic mass is 9.99.